The maximum atomic E-state index is 12.5. The molecule has 0 saturated heterocycles. The van der Waals surface area contributed by atoms with Crippen molar-refractivity contribution in [3.8, 4) is 11.1 Å². The summed E-state index contributed by atoms with van der Waals surface area (Å²) < 4.78 is 5.55. The van der Waals surface area contributed by atoms with Crippen LogP contribution in [-0.2, 0) is 14.3 Å². The summed E-state index contributed by atoms with van der Waals surface area (Å²) in [5.74, 6) is -2.37. The number of ether oxygens (including phenoxy) is 1. The Kier molecular flexibility index (Phi) is 3.89. The summed E-state index contributed by atoms with van der Waals surface area (Å²) in [7, 11) is 0. The average molecular weight is 349 g/mol. The standard InChI is InChI=1S/C21H19NO4/c22-21(10-9-13(11-21)19(23)24)20(25)26-12-18-16-7-3-1-5-14(16)15-6-2-4-8-17(15)18/h1-10,13,18H,11-12,22H2,(H,23,24)/t13-,21+/m1/s1. The van der Waals surface area contributed by atoms with Gasteiger partial charge in [0.05, 0.1) is 5.92 Å². The largest absolute Gasteiger partial charge is 0.481 e. The number of hydrogen-bond donors (Lipinski definition) is 2. The minimum Gasteiger partial charge on any atom is -0.481 e. The lowest BCUT2D eigenvalue weighted by Gasteiger charge is -2.22. The molecule has 0 amide bonds. The van der Waals surface area contributed by atoms with Gasteiger partial charge in [0, 0.05) is 5.92 Å². The van der Waals surface area contributed by atoms with Gasteiger partial charge >= 0.3 is 11.9 Å². The van der Waals surface area contributed by atoms with Crippen molar-refractivity contribution in [1.29, 1.82) is 0 Å². The number of aliphatic carboxylic acids is 1. The van der Waals surface area contributed by atoms with Gasteiger partial charge in [-0.05, 0) is 28.7 Å². The number of esters is 1. The molecule has 132 valence electrons. The highest BCUT2D eigenvalue weighted by Gasteiger charge is 2.42. The van der Waals surface area contributed by atoms with Crippen molar-refractivity contribution in [1.82, 2.24) is 0 Å². The molecule has 2 aromatic rings. The zero-order valence-electron chi connectivity index (χ0n) is 14.1. The summed E-state index contributed by atoms with van der Waals surface area (Å²) in [6.07, 6.45) is 2.94. The van der Waals surface area contributed by atoms with E-state index in [4.69, 9.17) is 15.6 Å². The van der Waals surface area contributed by atoms with Gasteiger partial charge in [0.15, 0.2) is 0 Å². The van der Waals surface area contributed by atoms with Crippen LogP contribution in [0.25, 0.3) is 11.1 Å². The highest BCUT2D eigenvalue weighted by molar-refractivity contribution is 5.87. The molecule has 0 heterocycles. The minimum atomic E-state index is -1.37. The molecule has 0 unspecified atom stereocenters. The third kappa shape index (κ3) is 2.61. The van der Waals surface area contributed by atoms with Gasteiger partial charge in [-0.25, -0.2) is 4.79 Å². The second-order valence-electron chi connectivity index (χ2n) is 6.87. The summed E-state index contributed by atoms with van der Waals surface area (Å²) in [5, 5.41) is 9.09. The first-order chi connectivity index (χ1) is 12.5. The molecule has 26 heavy (non-hydrogen) atoms. The van der Waals surface area contributed by atoms with Crippen LogP contribution < -0.4 is 5.73 Å². The molecule has 0 aromatic heterocycles. The molecular weight excluding hydrogens is 330 g/mol. The Labute approximate surface area is 151 Å². The second-order valence-corrected chi connectivity index (χ2v) is 6.87. The maximum absolute atomic E-state index is 12.5. The van der Waals surface area contributed by atoms with Crippen molar-refractivity contribution in [2.45, 2.75) is 17.9 Å². The summed E-state index contributed by atoms with van der Waals surface area (Å²) in [6, 6.07) is 16.2. The monoisotopic (exact) mass is 349 g/mol. The van der Waals surface area contributed by atoms with Crippen LogP contribution in [-0.4, -0.2) is 29.2 Å². The maximum Gasteiger partial charge on any atom is 0.330 e. The van der Waals surface area contributed by atoms with Crippen molar-refractivity contribution in [3.63, 3.8) is 0 Å². The lowest BCUT2D eigenvalue weighted by Crippen LogP contribution is -2.47. The fraction of sp³-hybridized carbons (Fsp3) is 0.238. The zero-order chi connectivity index (χ0) is 18.3. The smallest absolute Gasteiger partial charge is 0.330 e. The van der Waals surface area contributed by atoms with Crippen LogP contribution in [0.1, 0.15) is 23.5 Å². The molecule has 0 fully saturated rings. The van der Waals surface area contributed by atoms with Crippen LogP contribution in [0.3, 0.4) is 0 Å². The normalized spacial score (nSPS) is 23.5. The number of hydrogen-bond acceptors (Lipinski definition) is 4. The number of fused-ring (bicyclic) bond motifs is 3. The van der Waals surface area contributed by atoms with E-state index in [0.717, 1.165) is 22.3 Å². The number of benzene rings is 2. The van der Waals surface area contributed by atoms with Crippen LogP contribution in [0.15, 0.2) is 60.7 Å². The molecule has 0 aliphatic heterocycles. The summed E-state index contributed by atoms with van der Waals surface area (Å²) in [5.41, 5.74) is 9.25. The lowest BCUT2D eigenvalue weighted by atomic mass is 9.95. The SMILES string of the molecule is N[C@@]1(C(=O)OCC2c3ccccc3-c3ccccc32)C=C[C@@H](C(=O)O)C1. The molecule has 2 atom stereocenters. The number of rotatable bonds is 4. The quantitative estimate of drug-likeness (QED) is 0.654. The van der Waals surface area contributed by atoms with Gasteiger partial charge in [-0.3, -0.25) is 4.79 Å². The molecule has 5 heteroatoms. The number of carbonyl (C=O) groups excluding carboxylic acids is 1. The highest BCUT2D eigenvalue weighted by Crippen LogP contribution is 2.44. The van der Waals surface area contributed by atoms with Crippen molar-refractivity contribution in [2.75, 3.05) is 6.61 Å². The molecule has 4 rings (SSSR count). The number of carboxylic acids is 1. The molecular formula is C21H19NO4. The van der Waals surface area contributed by atoms with Gasteiger partial charge in [0.2, 0.25) is 0 Å². The van der Waals surface area contributed by atoms with E-state index in [9.17, 15) is 9.59 Å². The van der Waals surface area contributed by atoms with Crippen LogP contribution in [0.4, 0.5) is 0 Å². The first-order valence-corrected chi connectivity index (χ1v) is 8.56. The fourth-order valence-corrected chi connectivity index (χ4v) is 3.84. The predicted octanol–water partition coefficient (Wildman–Crippen LogP) is 2.70. The van der Waals surface area contributed by atoms with Crippen molar-refractivity contribution in [3.05, 3.63) is 71.8 Å². The van der Waals surface area contributed by atoms with E-state index in [2.05, 4.69) is 12.1 Å². The van der Waals surface area contributed by atoms with Gasteiger partial charge in [-0.1, -0.05) is 60.7 Å². The topological polar surface area (TPSA) is 89.6 Å². The van der Waals surface area contributed by atoms with E-state index >= 15 is 0 Å². The van der Waals surface area contributed by atoms with Gasteiger partial charge in [-0.2, -0.15) is 0 Å². The Bertz CT molecular complexity index is 874. The van der Waals surface area contributed by atoms with Gasteiger partial charge in [0.1, 0.15) is 12.1 Å². The first kappa shape index (κ1) is 16.5. The molecule has 2 aliphatic carbocycles. The summed E-state index contributed by atoms with van der Waals surface area (Å²) >= 11 is 0. The van der Waals surface area contributed by atoms with E-state index in [0.29, 0.717) is 0 Å². The highest BCUT2D eigenvalue weighted by atomic mass is 16.5. The van der Waals surface area contributed by atoms with Crippen molar-refractivity contribution in [2.24, 2.45) is 11.7 Å². The zero-order valence-corrected chi connectivity index (χ0v) is 14.1. The Hall–Kier alpha value is -2.92. The molecule has 0 radical (unpaired) electrons. The second kappa shape index (κ2) is 6.11. The van der Waals surface area contributed by atoms with Crippen LogP contribution >= 0.6 is 0 Å². The predicted molar refractivity (Wildman–Crippen MR) is 96.5 cm³/mol. The number of nitrogens with two attached hydrogens (primary N) is 1. The Balaban J connectivity index is 1.53. The van der Waals surface area contributed by atoms with E-state index < -0.39 is 23.4 Å². The van der Waals surface area contributed by atoms with Crippen molar-refractivity contribution >= 4 is 11.9 Å². The molecule has 0 bridgehead atoms. The molecule has 0 spiro atoms. The molecule has 0 saturated carbocycles. The van der Waals surface area contributed by atoms with Gasteiger partial charge in [-0.15, -0.1) is 0 Å². The molecule has 5 nitrogen and oxygen atoms in total. The molecule has 2 aromatic carbocycles. The average Bonchev–Trinajstić information content (AvgIpc) is 3.20. The molecule has 3 N–H and O–H groups in total. The Morgan fingerprint density at radius 3 is 2.19 bits per heavy atom. The Morgan fingerprint density at radius 2 is 1.65 bits per heavy atom. The van der Waals surface area contributed by atoms with Crippen LogP contribution in [0.2, 0.25) is 0 Å². The summed E-state index contributed by atoms with van der Waals surface area (Å²) in [6.45, 7) is 0.178. The van der Waals surface area contributed by atoms with Crippen LogP contribution in [0.5, 0.6) is 0 Å². The van der Waals surface area contributed by atoms with E-state index in [1.165, 1.54) is 12.2 Å². The number of carboxylic acid groups (broad SMARTS) is 1. The third-order valence-corrected chi connectivity index (χ3v) is 5.22. The van der Waals surface area contributed by atoms with E-state index in [-0.39, 0.29) is 18.9 Å². The fourth-order valence-electron chi connectivity index (χ4n) is 3.84. The van der Waals surface area contributed by atoms with Crippen LogP contribution in [0, 0.1) is 5.92 Å². The molecule has 2 aliphatic rings. The van der Waals surface area contributed by atoms with Gasteiger partial charge < -0.3 is 15.6 Å². The first-order valence-electron chi connectivity index (χ1n) is 8.56. The minimum absolute atomic E-state index is 0.0268. The van der Waals surface area contributed by atoms with Gasteiger partial charge in [0.25, 0.3) is 0 Å². The number of carbonyl (C=O) groups is 2. The van der Waals surface area contributed by atoms with E-state index in [1.54, 1.807) is 0 Å². The van der Waals surface area contributed by atoms with Crippen molar-refractivity contribution < 1.29 is 19.4 Å². The lowest BCUT2D eigenvalue weighted by molar-refractivity contribution is -0.149. The summed E-state index contributed by atoms with van der Waals surface area (Å²) in [4.78, 5) is 23.6. The third-order valence-electron chi connectivity index (χ3n) is 5.22. The Morgan fingerprint density at radius 1 is 1.08 bits per heavy atom. The van der Waals surface area contributed by atoms with E-state index in [1.807, 2.05) is 36.4 Å².